The van der Waals surface area contributed by atoms with Crippen LogP contribution in [0.5, 0.6) is 0 Å². The summed E-state index contributed by atoms with van der Waals surface area (Å²) in [5.74, 6) is -1.26. The van der Waals surface area contributed by atoms with Crippen molar-refractivity contribution in [2.24, 2.45) is 5.14 Å². The number of benzene rings is 3. The van der Waals surface area contributed by atoms with E-state index in [-0.39, 0.29) is 4.90 Å². The highest BCUT2D eigenvalue weighted by molar-refractivity contribution is 7.89. The van der Waals surface area contributed by atoms with E-state index in [0.29, 0.717) is 38.4 Å². The Morgan fingerprint density at radius 3 is 2.39 bits per heavy atom. The number of para-hydroxylation sites is 1. The number of esters is 1. The van der Waals surface area contributed by atoms with Crippen LogP contribution in [0, 0.1) is 6.92 Å². The SMILES string of the molecule is Cc1c(-c2cccc(Cl)c2)nc2ccccc2c1C(=O)O[C@H](C)C(=O)Nc1ccc(S(N)(=O)=O)cc1. The molecule has 1 heterocycles. The van der Waals surface area contributed by atoms with Gasteiger partial charge in [0.05, 0.1) is 21.7 Å². The summed E-state index contributed by atoms with van der Waals surface area (Å²) in [7, 11) is -3.85. The molecule has 4 aromatic rings. The number of aromatic nitrogens is 1. The summed E-state index contributed by atoms with van der Waals surface area (Å²) in [6, 6.07) is 19.7. The zero-order valence-electron chi connectivity index (χ0n) is 19.4. The summed E-state index contributed by atoms with van der Waals surface area (Å²) in [4.78, 5) is 30.6. The van der Waals surface area contributed by atoms with Gasteiger partial charge in [0.2, 0.25) is 10.0 Å². The molecule has 4 rings (SSSR count). The molecule has 0 bridgehead atoms. The number of nitrogens with zero attached hydrogens (tertiary/aromatic N) is 1. The summed E-state index contributed by atoms with van der Waals surface area (Å²) < 4.78 is 28.3. The molecule has 0 unspecified atom stereocenters. The minimum absolute atomic E-state index is 0.0875. The fraction of sp³-hybridized carbons (Fsp3) is 0.115. The number of primary sulfonamides is 1. The van der Waals surface area contributed by atoms with Gasteiger partial charge in [0.1, 0.15) is 0 Å². The molecule has 0 saturated heterocycles. The quantitative estimate of drug-likeness (QED) is 0.353. The summed E-state index contributed by atoms with van der Waals surface area (Å²) in [5.41, 5.74) is 3.13. The number of pyridine rings is 1. The van der Waals surface area contributed by atoms with Crippen LogP contribution in [0.3, 0.4) is 0 Å². The zero-order valence-corrected chi connectivity index (χ0v) is 20.9. The molecule has 0 saturated carbocycles. The van der Waals surface area contributed by atoms with Crippen molar-refractivity contribution in [3.05, 3.63) is 88.9 Å². The number of fused-ring (bicyclic) bond motifs is 1. The largest absolute Gasteiger partial charge is 0.449 e. The second-order valence-electron chi connectivity index (χ2n) is 8.09. The third kappa shape index (κ3) is 5.38. The van der Waals surface area contributed by atoms with Gasteiger partial charge in [0.15, 0.2) is 6.10 Å². The fourth-order valence-electron chi connectivity index (χ4n) is 3.73. The summed E-state index contributed by atoms with van der Waals surface area (Å²) in [6.07, 6.45) is -1.14. The molecule has 36 heavy (non-hydrogen) atoms. The lowest BCUT2D eigenvalue weighted by Crippen LogP contribution is -2.30. The second-order valence-corrected chi connectivity index (χ2v) is 10.1. The molecule has 1 aromatic heterocycles. The molecule has 0 fully saturated rings. The van der Waals surface area contributed by atoms with Gasteiger partial charge in [-0.2, -0.15) is 0 Å². The van der Waals surface area contributed by atoms with Gasteiger partial charge in [-0.3, -0.25) is 4.79 Å². The highest BCUT2D eigenvalue weighted by atomic mass is 35.5. The van der Waals surface area contributed by atoms with Gasteiger partial charge >= 0.3 is 5.97 Å². The second kappa shape index (κ2) is 10.1. The number of carbonyl (C=O) groups is 2. The number of sulfonamides is 1. The molecule has 3 N–H and O–H groups in total. The van der Waals surface area contributed by atoms with Crippen LogP contribution in [0.2, 0.25) is 5.02 Å². The van der Waals surface area contributed by atoms with Crippen molar-refractivity contribution in [2.45, 2.75) is 24.8 Å². The fourth-order valence-corrected chi connectivity index (χ4v) is 4.44. The number of nitrogens with one attached hydrogen (secondary N) is 1. The van der Waals surface area contributed by atoms with Crippen LogP contribution in [0.4, 0.5) is 5.69 Å². The van der Waals surface area contributed by atoms with Crippen LogP contribution < -0.4 is 10.5 Å². The van der Waals surface area contributed by atoms with Crippen LogP contribution in [0.15, 0.2) is 77.7 Å². The average Bonchev–Trinajstić information content (AvgIpc) is 2.83. The lowest BCUT2D eigenvalue weighted by atomic mass is 9.98. The van der Waals surface area contributed by atoms with E-state index in [2.05, 4.69) is 5.32 Å². The maximum Gasteiger partial charge on any atom is 0.339 e. The van der Waals surface area contributed by atoms with Gasteiger partial charge in [-0.15, -0.1) is 0 Å². The Morgan fingerprint density at radius 2 is 1.72 bits per heavy atom. The van der Waals surface area contributed by atoms with E-state index >= 15 is 0 Å². The topological polar surface area (TPSA) is 128 Å². The van der Waals surface area contributed by atoms with E-state index in [4.69, 9.17) is 26.5 Å². The molecule has 0 spiro atoms. The number of carbonyl (C=O) groups excluding carboxylic acids is 2. The molecular weight excluding hydrogens is 502 g/mol. The Morgan fingerprint density at radius 1 is 1.03 bits per heavy atom. The minimum atomic E-state index is -3.85. The van der Waals surface area contributed by atoms with Gasteiger partial charge in [-0.1, -0.05) is 41.9 Å². The highest BCUT2D eigenvalue weighted by Crippen LogP contribution is 2.31. The van der Waals surface area contributed by atoms with E-state index in [1.807, 2.05) is 12.1 Å². The zero-order chi connectivity index (χ0) is 26.0. The third-order valence-corrected chi connectivity index (χ3v) is 6.71. The Kier molecular flexibility index (Phi) is 7.07. The summed E-state index contributed by atoms with van der Waals surface area (Å²) >= 11 is 6.17. The van der Waals surface area contributed by atoms with E-state index in [0.717, 1.165) is 5.56 Å². The van der Waals surface area contributed by atoms with E-state index < -0.39 is 28.0 Å². The number of hydrogen-bond acceptors (Lipinski definition) is 6. The lowest BCUT2D eigenvalue weighted by Gasteiger charge is -2.17. The normalized spacial score (nSPS) is 12.2. The number of rotatable bonds is 6. The standard InChI is InChI=1S/C26H22ClN3O5S/c1-15-23(21-8-3-4-9-22(21)30-24(15)17-6-5-7-18(27)14-17)26(32)35-16(2)25(31)29-19-10-12-20(13-11-19)36(28,33)34/h3-14,16H,1-2H3,(H,29,31)(H2,28,33,34)/t16-/m1/s1. The first-order valence-electron chi connectivity index (χ1n) is 10.8. The van der Waals surface area contributed by atoms with Gasteiger partial charge in [-0.05, 0) is 61.9 Å². The van der Waals surface area contributed by atoms with E-state index in [1.54, 1.807) is 43.3 Å². The molecule has 1 atom stereocenters. The number of nitrogens with two attached hydrogens (primary N) is 1. The van der Waals surface area contributed by atoms with Crippen molar-refractivity contribution in [3.63, 3.8) is 0 Å². The van der Waals surface area contributed by atoms with E-state index in [1.165, 1.54) is 31.2 Å². The molecular formula is C26H22ClN3O5S. The highest BCUT2D eigenvalue weighted by Gasteiger charge is 2.24. The van der Waals surface area contributed by atoms with Crippen LogP contribution in [0.1, 0.15) is 22.8 Å². The van der Waals surface area contributed by atoms with Crippen LogP contribution in [-0.4, -0.2) is 31.4 Å². The average molecular weight is 524 g/mol. The molecule has 1 amide bonds. The van der Waals surface area contributed by atoms with Crippen molar-refractivity contribution in [1.29, 1.82) is 0 Å². The van der Waals surface area contributed by atoms with Gasteiger partial charge < -0.3 is 10.1 Å². The van der Waals surface area contributed by atoms with Gasteiger partial charge in [-0.25, -0.2) is 23.3 Å². The van der Waals surface area contributed by atoms with Crippen molar-refractivity contribution in [3.8, 4) is 11.3 Å². The maximum atomic E-state index is 13.3. The van der Waals surface area contributed by atoms with Gasteiger partial charge in [0, 0.05) is 21.7 Å². The Bertz CT molecular complexity index is 1590. The predicted molar refractivity (Wildman–Crippen MR) is 138 cm³/mol. The first kappa shape index (κ1) is 25.3. The molecule has 10 heteroatoms. The summed E-state index contributed by atoms with van der Waals surface area (Å²) in [6.45, 7) is 3.21. The number of hydrogen-bond donors (Lipinski definition) is 2. The van der Waals surface area contributed by atoms with Crippen molar-refractivity contribution < 1.29 is 22.7 Å². The molecule has 184 valence electrons. The maximum absolute atomic E-state index is 13.3. The first-order chi connectivity index (χ1) is 17.0. The Hall–Kier alpha value is -3.79. The number of amides is 1. The van der Waals surface area contributed by atoms with Crippen LogP contribution in [0.25, 0.3) is 22.2 Å². The number of anilines is 1. The minimum Gasteiger partial charge on any atom is -0.449 e. The lowest BCUT2D eigenvalue weighted by molar-refractivity contribution is -0.123. The molecule has 8 nitrogen and oxygen atoms in total. The number of halogens is 1. The first-order valence-corrected chi connectivity index (χ1v) is 12.8. The Balaban J connectivity index is 1.61. The molecule has 0 aliphatic carbocycles. The molecule has 0 aliphatic heterocycles. The van der Waals surface area contributed by atoms with Crippen LogP contribution in [-0.2, 0) is 19.6 Å². The summed E-state index contributed by atoms with van der Waals surface area (Å²) in [5, 5.41) is 8.81. The number of ether oxygens (including phenoxy) is 1. The third-order valence-electron chi connectivity index (χ3n) is 5.54. The predicted octanol–water partition coefficient (Wildman–Crippen LogP) is 4.70. The smallest absolute Gasteiger partial charge is 0.339 e. The molecule has 0 aliphatic rings. The van der Waals surface area contributed by atoms with Crippen molar-refractivity contribution in [1.82, 2.24) is 4.98 Å². The van der Waals surface area contributed by atoms with E-state index in [9.17, 15) is 18.0 Å². The monoisotopic (exact) mass is 523 g/mol. The van der Waals surface area contributed by atoms with Crippen molar-refractivity contribution in [2.75, 3.05) is 5.32 Å². The molecule has 0 radical (unpaired) electrons. The van der Waals surface area contributed by atoms with Crippen molar-refractivity contribution >= 4 is 50.1 Å². The Labute approximate surface area is 213 Å². The van der Waals surface area contributed by atoms with Gasteiger partial charge in [0.25, 0.3) is 5.91 Å². The van der Waals surface area contributed by atoms with Crippen LogP contribution >= 0.6 is 11.6 Å². The molecule has 3 aromatic carbocycles.